The molecule has 2 heterocycles. The fraction of sp³-hybridized carbons (Fsp3) is 0.310. The minimum Gasteiger partial charge on any atom is -0.316 e. The summed E-state index contributed by atoms with van der Waals surface area (Å²) in [5.74, 6) is 0.986. The molecule has 0 amide bonds. The van der Waals surface area contributed by atoms with Gasteiger partial charge in [0.25, 0.3) is 0 Å². The number of nitrogens with one attached hydrogen (secondary N) is 1. The number of thiophene rings is 1. The molecule has 0 saturated carbocycles. The first-order valence-corrected chi connectivity index (χ1v) is 15.6. The van der Waals surface area contributed by atoms with Crippen molar-refractivity contribution >= 4 is 55.8 Å². The Balaban J connectivity index is 1.74. The molecule has 0 bridgehead atoms. The van der Waals surface area contributed by atoms with Gasteiger partial charge in [0.1, 0.15) is 16.5 Å². The van der Waals surface area contributed by atoms with Crippen LogP contribution in [0.3, 0.4) is 0 Å². The zero-order chi connectivity index (χ0) is 28.5. The highest BCUT2D eigenvalue weighted by molar-refractivity contribution is 7.94. The Morgan fingerprint density at radius 1 is 1.05 bits per heavy atom. The van der Waals surface area contributed by atoms with Crippen LogP contribution in [0.2, 0.25) is 10.2 Å². The first kappa shape index (κ1) is 29.3. The summed E-state index contributed by atoms with van der Waals surface area (Å²) >= 11 is 14.5. The molecule has 1 N–H and O–H groups in total. The summed E-state index contributed by atoms with van der Waals surface area (Å²) in [6, 6.07) is 17.2. The average molecular weight is 605 g/mol. The predicted molar refractivity (Wildman–Crippen MR) is 163 cm³/mol. The number of imidazole rings is 1. The van der Waals surface area contributed by atoms with Gasteiger partial charge in [0.05, 0.1) is 11.3 Å². The maximum atomic E-state index is 13.0. The Kier molecular flexibility index (Phi) is 8.61. The fourth-order valence-electron chi connectivity index (χ4n) is 4.04. The molecule has 0 spiro atoms. The van der Waals surface area contributed by atoms with E-state index in [9.17, 15) is 13.2 Å². The lowest BCUT2D eigenvalue weighted by Crippen LogP contribution is -2.33. The van der Waals surface area contributed by atoms with Gasteiger partial charge in [0.2, 0.25) is 10.0 Å². The van der Waals surface area contributed by atoms with Crippen molar-refractivity contribution in [2.75, 3.05) is 4.72 Å². The molecule has 10 heteroatoms. The zero-order valence-corrected chi connectivity index (χ0v) is 25.6. The summed E-state index contributed by atoms with van der Waals surface area (Å²) in [5.41, 5.74) is 3.44. The summed E-state index contributed by atoms with van der Waals surface area (Å²) in [4.78, 5) is 17.4. The van der Waals surface area contributed by atoms with Crippen molar-refractivity contribution in [1.82, 2.24) is 9.55 Å². The first-order valence-electron chi connectivity index (χ1n) is 12.5. The number of nitrogens with zero attached hydrogens (tertiary/aromatic N) is 2. The smallest absolute Gasteiger partial charge is 0.238 e. The van der Waals surface area contributed by atoms with Crippen LogP contribution < -0.4 is 4.72 Å². The number of hydrogen-bond donors (Lipinski definition) is 1. The Morgan fingerprint density at radius 3 is 2.33 bits per heavy atom. The molecular weight excluding hydrogens is 573 g/mol. The summed E-state index contributed by atoms with van der Waals surface area (Å²) in [6.45, 7) is 9.55. The molecular formula is C29H31Cl2N3O3S2. The van der Waals surface area contributed by atoms with Crippen LogP contribution >= 0.6 is 34.5 Å². The molecule has 4 rings (SSSR count). The van der Waals surface area contributed by atoms with Crippen LogP contribution in [0, 0.1) is 5.92 Å². The fourth-order valence-corrected chi connectivity index (χ4v) is 6.81. The molecule has 39 heavy (non-hydrogen) atoms. The number of carbonyl (C=O) groups is 1. The molecule has 0 unspecified atom stereocenters. The lowest BCUT2D eigenvalue weighted by atomic mass is 10.0. The number of halogens is 2. The molecule has 0 aliphatic rings. The van der Waals surface area contributed by atoms with Crippen LogP contribution in [0.5, 0.6) is 0 Å². The van der Waals surface area contributed by atoms with Crippen LogP contribution in [0.15, 0.2) is 54.6 Å². The van der Waals surface area contributed by atoms with E-state index in [0.29, 0.717) is 28.1 Å². The van der Waals surface area contributed by atoms with Crippen LogP contribution in [0.4, 0.5) is 5.00 Å². The Bertz CT molecular complexity index is 1600. The second kappa shape index (κ2) is 11.5. The Morgan fingerprint density at radius 2 is 1.74 bits per heavy atom. The van der Waals surface area contributed by atoms with Gasteiger partial charge in [0, 0.05) is 21.0 Å². The third kappa shape index (κ3) is 6.40. The van der Waals surface area contributed by atoms with E-state index >= 15 is 0 Å². The number of sulfonamides is 1. The largest absolute Gasteiger partial charge is 0.316 e. The van der Waals surface area contributed by atoms with Crippen molar-refractivity contribution in [2.45, 2.75) is 52.3 Å². The summed E-state index contributed by atoms with van der Waals surface area (Å²) < 4.78 is 29.6. The summed E-state index contributed by atoms with van der Waals surface area (Å²) in [5, 5.41) is 1.18. The number of rotatable bonds is 9. The number of anilines is 1. The van der Waals surface area contributed by atoms with E-state index in [2.05, 4.69) is 23.6 Å². The molecule has 0 radical (unpaired) electrons. The SMILES string of the molecule is CC(C)Cc1cc(-c2ccc(Cn3c(-c4ccccc4)nc(Cl)c3C=O)c(Cl)c2)c(NS(=O)(=O)C(C)(C)C)s1. The predicted octanol–water partition coefficient (Wildman–Crippen LogP) is 8.18. The van der Waals surface area contributed by atoms with E-state index in [1.165, 1.54) is 11.3 Å². The Labute approximate surface area is 244 Å². The van der Waals surface area contributed by atoms with E-state index in [-0.39, 0.29) is 17.4 Å². The highest BCUT2D eigenvalue weighted by Gasteiger charge is 2.30. The number of carbonyl (C=O) groups excluding carboxylic acids is 1. The first-order chi connectivity index (χ1) is 18.3. The van der Waals surface area contributed by atoms with E-state index < -0.39 is 14.8 Å². The second-order valence-electron chi connectivity index (χ2n) is 10.8. The van der Waals surface area contributed by atoms with Crippen LogP contribution in [0.1, 0.15) is 55.5 Å². The number of aldehydes is 1. The lowest BCUT2D eigenvalue weighted by molar-refractivity contribution is 0.111. The van der Waals surface area contributed by atoms with Gasteiger partial charge in [-0.3, -0.25) is 9.52 Å². The highest BCUT2D eigenvalue weighted by atomic mass is 35.5. The molecule has 0 saturated heterocycles. The lowest BCUT2D eigenvalue weighted by Gasteiger charge is -2.20. The van der Waals surface area contributed by atoms with Gasteiger partial charge in [-0.2, -0.15) is 0 Å². The van der Waals surface area contributed by atoms with Gasteiger partial charge < -0.3 is 4.57 Å². The van der Waals surface area contributed by atoms with Crippen molar-refractivity contribution in [2.24, 2.45) is 5.92 Å². The normalized spacial score (nSPS) is 12.2. The standard InChI is InChI=1S/C29H31Cl2N3O3S2/c1-18(2)13-22-15-23(28(38-22)33-39(36,37)29(3,4)5)20-11-12-21(24(30)14-20)16-34-25(17-35)26(31)32-27(34)19-9-7-6-8-10-19/h6-12,14-15,17-18,33H,13,16H2,1-5H3. The molecule has 0 aliphatic carbocycles. The molecule has 0 atom stereocenters. The highest BCUT2D eigenvalue weighted by Crippen LogP contribution is 2.40. The monoisotopic (exact) mass is 603 g/mol. The van der Waals surface area contributed by atoms with Crippen molar-refractivity contribution < 1.29 is 13.2 Å². The minimum atomic E-state index is -3.62. The summed E-state index contributed by atoms with van der Waals surface area (Å²) in [6.07, 6.45) is 1.53. The topological polar surface area (TPSA) is 81.1 Å². The van der Waals surface area contributed by atoms with E-state index in [4.69, 9.17) is 23.2 Å². The molecule has 6 nitrogen and oxygen atoms in total. The van der Waals surface area contributed by atoms with Gasteiger partial charge >= 0.3 is 0 Å². The quantitative estimate of drug-likeness (QED) is 0.195. The van der Waals surface area contributed by atoms with Crippen molar-refractivity contribution in [3.05, 3.63) is 80.9 Å². The van der Waals surface area contributed by atoms with Crippen LogP contribution in [0.25, 0.3) is 22.5 Å². The van der Waals surface area contributed by atoms with E-state index in [1.54, 1.807) is 25.3 Å². The minimum absolute atomic E-state index is 0.128. The van der Waals surface area contributed by atoms with E-state index in [1.807, 2.05) is 54.6 Å². The maximum absolute atomic E-state index is 13.0. The van der Waals surface area contributed by atoms with Gasteiger partial charge in [-0.15, -0.1) is 11.3 Å². The van der Waals surface area contributed by atoms with Crippen LogP contribution in [-0.4, -0.2) is 29.0 Å². The third-order valence-corrected chi connectivity index (χ3v) is 10.1. The molecule has 206 valence electrons. The van der Waals surface area contributed by atoms with Gasteiger partial charge in [-0.05, 0) is 56.4 Å². The van der Waals surface area contributed by atoms with Crippen molar-refractivity contribution in [1.29, 1.82) is 0 Å². The average Bonchev–Trinajstić information content (AvgIpc) is 3.38. The van der Waals surface area contributed by atoms with Gasteiger partial charge in [-0.25, -0.2) is 13.4 Å². The van der Waals surface area contributed by atoms with Gasteiger partial charge in [-0.1, -0.05) is 79.5 Å². The van der Waals surface area contributed by atoms with E-state index in [0.717, 1.165) is 33.6 Å². The number of aromatic nitrogens is 2. The van der Waals surface area contributed by atoms with Crippen molar-refractivity contribution in [3.8, 4) is 22.5 Å². The zero-order valence-electron chi connectivity index (χ0n) is 22.5. The maximum Gasteiger partial charge on any atom is 0.238 e. The second-order valence-corrected chi connectivity index (χ2v) is 15.1. The van der Waals surface area contributed by atoms with Crippen LogP contribution in [-0.2, 0) is 23.0 Å². The molecule has 0 fully saturated rings. The molecule has 2 aromatic heterocycles. The third-order valence-electron chi connectivity index (χ3n) is 6.22. The summed E-state index contributed by atoms with van der Waals surface area (Å²) in [7, 11) is -3.62. The Hall–Kier alpha value is -2.65. The molecule has 4 aromatic rings. The molecule has 0 aliphatic heterocycles. The van der Waals surface area contributed by atoms with Gasteiger partial charge in [0.15, 0.2) is 11.4 Å². The molecule has 2 aromatic carbocycles. The number of hydrogen-bond acceptors (Lipinski definition) is 5. The van der Waals surface area contributed by atoms with Crippen molar-refractivity contribution in [3.63, 3.8) is 0 Å². The number of benzene rings is 2.